The molecule has 0 bridgehead atoms. The highest BCUT2D eigenvalue weighted by atomic mass is 16.4. The zero-order valence-corrected chi connectivity index (χ0v) is 60.9. The quantitative estimate of drug-likeness (QED) is 0.0118. The Balaban J connectivity index is 1.40. The third-order valence-corrected chi connectivity index (χ3v) is 17.6. The van der Waals surface area contributed by atoms with Crippen molar-refractivity contribution >= 4 is 94.7 Å². The van der Waals surface area contributed by atoms with Crippen molar-refractivity contribution in [3.8, 4) is 5.75 Å². The lowest BCUT2D eigenvalue weighted by atomic mass is 10.0. The molecule has 0 saturated carbocycles. The molecular formula is C73H101N19O17. The van der Waals surface area contributed by atoms with E-state index in [1.54, 1.807) is 105 Å². The van der Waals surface area contributed by atoms with Crippen molar-refractivity contribution in [1.29, 1.82) is 10.8 Å². The van der Waals surface area contributed by atoms with E-state index in [-0.39, 0.29) is 89.6 Å². The van der Waals surface area contributed by atoms with Crippen molar-refractivity contribution in [2.75, 3.05) is 26.2 Å². The van der Waals surface area contributed by atoms with Gasteiger partial charge in [0.15, 0.2) is 11.9 Å². The first-order valence-electron chi connectivity index (χ1n) is 35.6. The second-order valence-electron chi connectivity index (χ2n) is 26.6. The topological polar surface area (TPSA) is 599 Å². The highest BCUT2D eigenvalue weighted by Crippen LogP contribution is 2.20. The molecule has 4 aromatic carbocycles. The molecule has 1 saturated heterocycles. The number of aliphatic carboxylic acids is 2. The zero-order valence-electron chi connectivity index (χ0n) is 60.9. The number of phenolic OH excluding ortho intramolecular Hbond substituents is 1. The van der Waals surface area contributed by atoms with Crippen LogP contribution in [0.4, 0.5) is 0 Å². The summed E-state index contributed by atoms with van der Waals surface area (Å²) < 4.78 is 0. The molecule has 25 N–H and O–H groups in total. The van der Waals surface area contributed by atoms with Crippen LogP contribution in [0.25, 0.3) is 0 Å². The largest absolute Gasteiger partial charge is 0.508 e. The highest BCUT2D eigenvalue weighted by Gasteiger charge is 2.39. The van der Waals surface area contributed by atoms with Crippen molar-refractivity contribution in [1.82, 2.24) is 68.7 Å². The number of aromatic hydroxyl groups is 1. The van der Waals surface area contributed by atoms with Gasteiger partial charge in [0.1, 0.15) is 66.2 Å². The predicted molar refractivity (Wildman–Crippen MR) is 397 cm³/mol. The number of nitrogens with zero attached hydrogens (tertiary/aromatic N) is 1. The van der Waals surface area contributed by atoms with Crippen LogP contribution in [0.1, 0.15) is 107 Å². The van der Waals surface area contributed by atoms with E-state index in [2.05, 4.69) is 63.8 Å². The monoisotopic (exact) mass is 1520 g/mol. The summed E-state index contributed by atoms with van der Waals surface area (Å²) >= 11 is 0. The van der Waals surface area contributed by atoms with E-state index in [1.807, 2.05) is 0 Å². The molecule has 0 spiro atoms. The van der Waals surface area contributed by atoms with Crippen molar-refractivity contribution in [2.24, 2.45) is 28.9 Å². The summed E-state index contributed by atoms with van der Waals surface area (Å²) in [6.45, 7) is 3.96. The Morgan fingerprint density at radius 2 is 0.844 bits per heavy atom. The molecule has 11 atom stereocenters. The SMILES string of the molecule is CC(NC(=O)C(CCC(=O)O)NC(=O)C(CCC(N)=O)NC(=O)C(N)Cc1ccc(O)cc1)C(=O)NC(Cc1ccccc1)C(=O)NC(CCCNC(=N)N)C(=O)NC(CCCNC(=N)N)C(=O)NC(Cc1ccccc1)C(=O)NC(Cc1ccccc1)C(=O)NCC(=O)N1CCCC1C(=O)NC(C(=O)O)C(C)C. The summed E-state index contributed by atoms with van der Waals surface area (Å²) in [5.41, 5.74) is 24.8. The van der Waals surface area contributed by atoms with Gasteiger partial charge in [-0.15, -0.1) is 0 Å². The smallest absolute Gasteiger partial charge is 0.326 e. The number of likely N-dealkylation sites (tertiary alicyclic amines) is 1. The van der Waals surface area contributed by atoms with Crippen LogP contribution in [0.2, 0.25) is 0 Å². The summed E-state index contributed by atoms with van der Waals surface area (Å²) in [6.07, 6.45) is -2.36. The maximum Gasteiger partial charge on any atom is 0.326 e. The number of benzene rings is 4. The van der Waals surface area contributed by atoms with Crippen LogP contribution in [0.5, 0.6) is 5.75 Å². The first-order chi connectivity index (χ1) is 51.8. The van der Waals surface area contributed by atoms with Gasteiger partial charge < -0.3 is 107 Å². The Morgan fingerprint density at radius 3 is 1.27 bits per heavy atom. The molecule has 0 aliphatic carbocycles. The number of guanidine groups is 2. The number of primary amides is 1. The number of hydrogen-bond acceptors (Lipinski definition) is 18. The molecule has 1 aliphatic rings. The molecule has 590 valence electrons. The van der Waals surface area contributed by atoms with Gasteiger partial charge in [0, 0.05) is 51.7 Å². The fourth-order valence-electron chi connectivity index (χ4n) is 11.6. The van der Waals surface area contributed by atoms with E-state index in [1.165, 1.54) is 36.1 Å². The Labute approximate surface area is 629 Å². The van der Waals surface area contributed by atoms with Crippen molar-refractivity contribution in [2.45, 2.75) is 177 Å². The van der Waals surface area contributed by atoms with Gasteiger partial charge in [-0.05, 0) is 105 Å². The minimum Gasteiger partial charge on any atom is -0.508 e. The summed E-state index contributed by atoms with van der Waals surface area (Å²) in [6, 6.07) is 15.1. The highest BCUT2D eigenvalue weighted by molar-refractivity contribution is 5.99. The third-order valence-electron chi connectivity index (χ3n) is 17.6. The van der Waals surface area contributed by atoms with Crippen LogP contribution >= 0.6 is 0 Å². The van der Waals surface area contributed by atoms with E-state index in [4.69, 9.17) is 33.8 Å². The third kappa shape index (κ3) is 31.0. The Kier molecular flexibility index (Phi) is 35.8. The normalized spacial score (nSPS) is 15.1. The van der Waals surface area contributed by atoms with E-state index in [0.29, 0.717) is 28.7 Å². The molecule has 1 heterocycles. The summed E-state index contributed by atoms with van der Waals surface area (Å²) in [5, 5.41) is 75.5. The minimum atomic E-state index is -1.70. The maximum atomic E-state index is 15.0. The fourth-order valence-corrected chi connectivity index (χ4v) is 11.6. The summed E-state index contributed by atoms with van der Waals surface area (Å²) in [7, 11) is 0. The second-order valence-corrected chi connectivity index (χ2v) is 26.6. The molecule has 0 aromatic heterocycles. The van der Waals surface area contributed by atoms with Crippen molar-refractivity contribution < 1.29 is 82.4 Å². The Hall–Kier alpha value is -12.2. The average molecular weight is 1520 g/mol. The molecule has 0 radical (unpaired) electrons. The maximum absolute atomic E-state index is 15.0. The standard InChI is InChI=1S/C73H101N19O17/c1-41(2)60(71(108)109)91-70(107)56-24-15-35-92(56)58(95)40-82-63(100)53(37-43-16-7-4-8-17-43)89-69(106)55(39-45-20-11-6-12-21-45)90-66(103)50(23-14-34-81-73(78)79)85-65(102)49(22-13-33-80-72(76)77)86-68(105)54(38-44-18-9-5-10-19-44)88-61(98)42(3)83-64(101)52(30-32-59(96)97)87-67(104)51(29-31-57(75)94)84-62(99)48(74)36-46-25-27-47(93)28-26-46/h4-12,16-21,25-28,41-42,48-56,60,93H,13-15,22-24,29-40,74H2,1-3H3,(H2,75,94)(H,82,100)(H,83,101)(H,84,99)(H,85,102)(H,86,105)(H,87,104)(H,88,98)(H,89,106)(H,90,103)(H,91,107)(H,96,97)(H,108,109)(H4,76,77,80)(H4,78,79,81). The minimum absolute atomic E-state index is 0.00354. The number of rotatable bonds is 45. The first kappa shape index (κ1) is 87.4. The van der Waals surface area contributed by atoms with Crippen LogP contribution < -0.4 is 86.7 Å². The number of phenols is 1. The molecule has 11 unspecified atom stereocenters. The number of carboxylic acids is 2. The van der Waals surface area contributed by atoms with Crippen LogP contribution in [-0.2, 0) is 92.8 Å². The van der Waals surface area contributed by atoms with E-state index in [9.17, 15) is 82.4 Å². The molecular weight excluding hydrogens is 1410 g/mol. The van der Waals surface area contributed by atoms with Crippen LogP contribution in [0.15, 0.2) is 115 Å². The Morgan fingerprint density at radius 1 is 0.459 bits per heavy atom. The van der Waals surface area contributed by atoms with E-state index < -0.39 is 193 Å². The number of carbonyl (C=O) groups excluding carboxylic acids is 12. The number of nitrogens with two attached hydrogens (primary N) is 4. The molecule has 36 nitrogen and oxygen atoms in total. The van der Waals surface area contributed by atoms with Crippen LogP contribution in [0, 0.1) is 16.7 Å². The van der Waals surface area contributed by atoms with Gasteiger partial charge >= 0.3 is 11.9 Å². The fraction of sp³-hybridized carbons (Fsp3) is 0.452. The summed E-state index contributed by atoms with van der Waals surface area (Å²) in [5.74, 6) is -14.8. The molecule has 1 aliphatic heterocycles. The predicted octanol–water partition coefficient (Wildman–Crippen LogP) is -3.12. The molecule has 1 fully saturated rings. The first-order valence-corrected chi connectivity index (χ1v) is 35.6. The zero-order chi connectivity index (χ0) is 80.3. The van der Waals surface area contributed by atoms with Gasteiger partial charge in [-0.3, -0.25) is 73.1 Å². The van der Waals surface area contributed by atoms with Crippen molar-refractivity contribution in [3.05, 3.63) is 138 Å². The van der Waals surface area contributed by atoms with Gasteiger partial charge in [0.25, 0.3) is 0 Å². The summed E-state index contributed by atoms with van der Waals surface area (Å²) in [4.78, 5) is 194. The van der Waals surface area contributed by atoms with Gasteiger partial charge in [0.2, 0.25) is 70.9 Å². The molecule has 109 heavy (non-hydrogen) atoms. The number of hydrogen-bond donors (Lipinski definition) is 21. The lowest BCUT2D eigenvalue weighted by Crippen LogP contribution is -2.60. The molecule has 5 rings (SSSR count). The van der Waals surface area contributed by atoms with Gasteiger partial charge in [-0.1, -0.05) is 117 Å². The van der Waals surface area contributed by atoms with Gasteiger partial charge in [-0.25, -0.2) is 4.79 Å². The second kappa shape index (κ2) is 44.7. The van der Waals surface area contributed by atoms with Gasteiger partial charge in [-0.2, -0.15) is 0 Å². The van der Waals surface area contributed by atoms with Gasteiger partial charge in [0.05, 0.1) is 12.6 Å². The Bertz CT molecular complexity index is 3800. The van der Waals surface area contributed by atoms with Crippen LogP contribution in [0.3, 0.4) is 0 Å². The average Bonchev–Trinajstić information content (AvgIpc) is 1.77. The lowest BCUT2D eigenvalue weighted by Gasteiger charge is -2.28. The van der Waals surface area contributed by atoms with Crippen LogP contribution in [-0.4, -0.2) is 208 Å². The van der Waals surface area contributed by atoms with E-state index in [0.717, 1.165) is 0 Å². The molecule has 12 amide bonds. The van der Waals surface area contributed by atoms with E-state index >= 15 is 0 Å². The number of carbonyl (C=O) groups is 14. The number of nitrogens with one attached hydrogen (secondary N) is 14. The number of amides is 12. The number of carboxylic acid groups (broad SMARTS) is 2. The molecule has 36 heteroatoms. The van der Waals surface area contributed by atoms with Crippen molar-refractivity contribution in [3.63, 3.8) is 0 Å². The molecule has 4 aromatic rings. The lowest BCUT2D eigenvalue weighted by molar-refractivity contribution is -0.145.